The number of hydrogen-bond donors (Lipinski definition) is 1. The summed E-state index contributed by atoms with van der Waals surface area (Å²) in [7, 11) is 0. The van der Waals surface area contributed by atoms with Crippen molar-refractivity contribution in [2.24, 2.45) is 0 Å². The van der Waals surface area contributed by atoms with E-state index in [9.17, 15) is 0 Å². The van der Waals surface area contributed by atoms with Gasteiger partial charge in [0.15, 0.2) is 0 Å². The molecular formula is C12H17N3S2. The third-order valence-corrected chi connectivity index (χ3v) is 4.75. The quantitative estimate of drug-likeness (QED) is 0.923. The molecule has 0 radical (unpaired) electrons. The summed E-state index contributed by atoms with van der Waals surface area (Å²) in [4.78, 5) is 11.3. The van der Waals surface area contributed by atoms with E-state index in [1.165, 1.54) is 9.75 Å². The van der Waals surface area contributed by atoms with Crippen LogP contribution in [0.2, 0.25) is 0 Å². The lowest BCUT2D eigenvalue weighted by Crippen LogP contribution is -2.17. The zero-order valence-corrected chi connectivity index (χ0v) is 12.2. The normalized spacial score (nSPS) is 12.9. The molecule has 2 aromatic rings. The standard InChI is InChI=1S/C12H17N3S2/c1-7(12-8(2)15-10(4)17-12)13-5-11-6-14-9(3)16-11/h6-7,13H,5H2,1-4H3. The Morgan fingerprint density at radius 3 is 2.53 bits per heavy atom. The summed E-state index contributed by atoms with van der Waals surface area (Å²) in [6, 6.07) is 0.351. The highest BCUT2D eigenvalue weighted by Gasteiger charge is 2.12. The Bertz CT molecular complexity index is 502. The van der Waals surface area contributed by atoms with Crippen LogP contribution in [0.5, 0.6) is 0 Å². The minimum atomic E-state index is 0.351. The first-order chi connectivity index (χ1) is 8.06. The summed E-state index contributed by atoms with van der Waals surface area (Å²) in [5, 5.41) is 5.79. The Morgan fingerprint density at radius 2 is 2.00 bits per heavy atom. The van der Waals surface area contributed by atoms with Gasteiger partial charge in [0.05, 0.1) is 15.7 Å². The van der Waals surface area contributed by atoms with Crippen molar-refractivity contribution in [2.75, 3.05) is 0 Å². The molecule has 1 unspecified atom stereocenters. The number of nitrogens with zero attached hydrogens (tertiary/aromatic N) is 2. The Morgan fingerprint density at radius 1 is 1.24 bits per heavy atom. The Kier molecular flexibility index (Phi) is 3.91. The number of nitrogens with one attached hydrogen (secondary N) is 1. The lowest BCUT2D eigenvalue weighted by atomic mass is 10.2. The monoisotopic (exact) mass is 267 g/mol. The van der Waals surface area contributed by atoms with Gasteiger partial charge >= 0.3 is 0 Å². The lowest BCUT2D eigenvalue weighted by Gasteiger charge is -2.11. The van der Waals surface area contributed by atoms with Crippen LogP contribution >= 0.6 is 22.7 Å². The molecule has 0 aliphatic carbocycles. The fourth-order valence-corrected chi connectivity index (χ4v) is 3.48. The molecule has 2 heterocycles. The molecule has 2 rings (SSSR count). The Balaban J connectivity index is 1.97. The average Bonchev–Trinajstić information content (AvgIpc) is 2.81. The highest BCUT2D eigenvalue weighted by atomic mass is 32.1. The summed E-state index contributed by atoms with van der Waals surface area (Å²) in [6.07, 6.45) is 1.95. The van der Waals surface area contributed by atoms with Gasteiger partial charge in [-0.05, 0) is 27.7 Å². The van der Waals surface area contributed by atoms with E-state index >= 15 is 0 Å². The van der Waals surface area contributed by atoms with Crippen molar-refractivity contribution >= 4 is 22.7 Å². The van der Waals surface area contributed by atoms with E-state index in [0.29, 0.717) is 6.04 Å². The molecule has 5 heteroatoms. The molecular weight excluding hydrogens is 250 g/mol. The molecule has 1 atom stereocenters. The van der Waals surface area contributed by atoms with Crippen molar-refractivity contribution in [1.29, 1.82) is 0 Å². The second kappa shape index (κ2) is 5.25. The summed E-state index contributed by atoms with van der Waals surface area (Å²) in [6.45, 7) is 9.24. The molecule has 1 N–H and O–H groups in total. The average molecular weight is 267 g/mol. The van der Waals surface area contributed by atoms with Crippen molar-refractivity contribution in [2.45, 2.75) is 40.3 Å². The first-order valence-electron chi connectivity index (χ1n) is 5.65. The minimum absolute atomic E-state index is 0.351. The van der Waals surface area contributed by atoms with Crippen LogP contribution in [-0.4, -0.2) is 9.97 Å². The molecule has 17 heavy (non-hydrogen) atoms. The predicted molar refractivity (Wildman–Crippen MR) is 73.7 cm³/mol. The summed E-state index contributed by atoms with van der Waals surface area (Å²) in [5.41, 5.74) is 1.15. The highest BCUT2D eigenvalue weighted by molar-refractivity contribution is 7.12. The van der Waals surface area contributed by atoms with E-state index in [1.54, 1.807) is 22.7 Å². The molecule has 0 saturated heterocycles. The molecule has 0 aromatic carbocycles. The molecule has 3 nitrogen and oxygen atoms in total. The first-order valence-corrected chi connectivity index (χ1v) is 7.28. The van der Waals surface area contributed by atoms with E-state index in [-0.39, 0.29) is 0 Å². The van der Waals surface area contributed by atoms with Crippen LogP contribution in [-0.2, 0) is 6.54 Å². The zero-order valence-electron chi connectivity index (χ0n) is 10.6. The highest BCUT2D eigenvalue weighted by Crippen LogP contribution is 2.25. The molecule has 92 valence electrons. The van der Waals surface area contributed by atoms with Crippen LogP contribution in [0.25, 0.3) is 0 Å². The Labute approximate surface area is 110 Å². The second-order valence-corrected chi connectivity index (χ2v) is 6.68. The zero-order chi connectivity index (χ0) is 12.4. The minimum Gasteiger partial charge on any atom is -0.304 e. The van der Waals surface area contributed by atoms with E-state index in [2.05, 4.69) is 36.1 Å². The van der Waals surface area contributed by atoms with Gasteiger partial charge in [-0.1, -0.05) is 0 Å². The molecule has 2 aromatic heterocycles. The van der Waals surface area contributed by atoms with Gasteiger partial charge in [0.2, 0.25) is 0 Å². The molecule has 0 bridgehead atoms. The third-order valence-electron chi connectivity index (χ3n) is 2.58. The molecule has 0 fully saturated rings. The van der Waals surface area contributed by atoms with Crippen LogP contribution in [0, 0.1) is 20.8 Å². The summed E-state index contributed by atoms with van der Waals surface area (Å²) >= 11 is 3.53. The fourth-order valence-electron chi connectivity index (χ4n) is 1.78. The van der Waals surface area contributed by atoms with Gasteiger partial charge in [0.25, 0.3) is 0 Å². The Hall–Kier alpha value is -0.780. The van der Waals surface area contributed by atoms with Crippen LogP contribution in [0.3, 0.4) is 0 Å². The molecule has 0 amide bonds. The number of hydrogen-bond acceptors (Lipinski definition) is 5. The maximum atomic E-state index is 4.46. The van der Waals surface area contributed by atoms with E-state index in [4.69, 9.17) is 0 Å². The van der Waals surface area contributed by atoms with Crippen molar-refractivity contribution in [3.8, 4) is 0 Å². The lowest BCUT2D eigenvalue weighted by molar-refractivity contribution is 0.583. The summed E-state index contributed by atoms with van der Waals surface area (Å²) < 4.78 is 0. The van der Waals surface area contributed by atoms with Crippen LogP contribution in [0.15, 0.2) is 6.20 Å². The topological polar surface area (TPSA) is 37.8 Å². The van der Waals surface area contributed by atoms with Gasteiger partial charge in [-0.25, -0.2) is 9.97 Å². The number of rotatable bonds is 4. The van der Waals surface area contributed by atoms with Gasteiger partial charge in [-0.3, -0.25) is 0 Å². The molecule has 0 aliphatic rings. The van der Waals surface area contributed by atoms with Gasteiger partial charge < -0.3 is 5.32 Å². The third kappa shape index (κ3) is 3.12. The fraction of sp³-hybridized carbons (Fsp3) is 0.500. The van der Waals surface area contributed by atoms with Gasteiger partial charge in [0, 0.05) is 28.5 Å². The number of aromatic nitrogens is 2. The van der Waals surface area contributed by atoms with Crippen molar-refractivity contribution in [3.63, 3.8) is 0 Å². The molecule has 0 saturated carbocycles. The first kappa shape index (κ1) is 12.7. The second-order valence-electron chi connectivity index (χ2n) is 4.13. The van der Waals surface area contributed by atoms with E-state index in [1.807, 2.05) is 13.1 Å². The largest absolute Gasteiger partial charge is 0.304 e. The molecule has 0 spiro atoms. The van der Waals surface area contributed by atoms with Crippen molar-refractivity contribution < 1.29 is 0 Å². The van der Waals surface area contributed by atoms with Crippen LogP contribution in [0.4, 0.5) is 0 Å². The van der Waals surface area contributed by atoms with Gasteiger partial charge in [-0.2, -0.15) is 0 Å². The SMILES string of the molecule is Cc1ncc(CNC(C)c2sc(C)nc2C)s1. The van der Waals surface area contributed by atoms with Crippen molar-refractivity contribution in [3.05, 3.63) is 31.7 Å². The maximum absolute atomic E-state index is 4.46. The van der Waals surface area contributed by atoms with Crippen LogP contribution < -0.4 is 5.32 Å². The summed E-state index contributed by atoms with van der Waals surface area (Å²) in [5.74, 6) is 0. The number of thiazole rings is 2. The van der Waals surface area contributed by atoms with Crippen LogP contribution in [0.1, 0.15) is 38.4 Å². The van der Waals surface area contributed by atoms with Gasteiger partial charge in [-0.15, -0.1) is 22.7 Å². The van der Waals surface area contributed by atoms with E-state index < -0.39 is 0 Å². The van der Waals surface area contributed by atoms with Crippen molar-refractivity contribution in [1.82, 2.24) is 15.3 Å². The maximum Gasteiger partial charge on any atom is 0.0900 e. The smallest absolute Gasteiger partial charge is 0.0900 e. The van der Waals surface area contributed by atoms with E-state index in [0.717, 1.165) is 22.3 Å². The molecule has 0 aliphatic heterocycles. The predicted octanol–water partition coefficient (Wildman–Crippen LogP) is 3.38. The number of aryl methyl sites for hydroxylation is 3. The van der Waals surface area contributed by atoms with Gasteiger partial charge in [0.1, 0.15) is 0 Å².